The second-order valence-corrected chi connectivity index (χ2v) is 14.1. The second-order valence-electron chi connectivity index (χ2n) is 14.1. The molecule has 0 saturated carbocycles. The average Bonchev–Trinajstić information content (AvgIpc) is 3.57. The molecular formula is C48H51IrN3O-2. The summed E-state index contributed by atoms with van der Waals surface area (Å²) in [6, 6.07) is 31.8. The Morgan fingerprint density at radius 2 is 1.38 bits per heavy atom. The Balaban J connectivity index is 0.000000358. The normalized spacial score (nSPS) is 15.1. The van der Waals surface area contributed by atoms with E-state index < -0.39 is 31.4 Å². The summed E-state index contributed by atoms with van der Waals surface area (Å²) in [5.74, 6) is -3.26. The van der Waals surface area contributed by atoms with E-state index in [4.69, 9.17) is 25.4 Å². The number of benzene rings is 3. The van der Waals surface area contributed by atoms with Gasteiger partial charge in [0.15, 0.2) is 0 Å². The molecule has 7 rings (SSSR count). The van der Waals surface area contributed by atoms with Gasteiger partial charge in [0.1, 0.15) is 0 Å². The zero-order chi connectivity index (χ0) is 44.9. The van der Waals surface area contributed by atoms with Gasteiger partial charge in [0.25, 0.3) is 0 Å². The van der Waals surface area contributed by atoms with Crippen LogP contribution in [0.25, 0.3) is 55.8 Å². The molecule has 3 aromatic carbocycles. The van der Waals surface area contributed by atoms with Gasteiger partial charge in [-0.05, 0) is 89.0 Å². The van der Waals surface area contributed by atoms with Crippen molar-refractivity contribution in [2.75, 3.05) is 0 Å². The first-order valence-electron chi connectivity index (χ1n) is 22.2. The number of rotatable bonds is 8. The van der Waals surface area contributed by atoms with Gasteiger partial charge in [-0.15, -0.1) is 54.1 Å². The van der Waals surface area contributed by atoms with Crippen LogP contribution >= 0.6 is 0 Å². The zero-order valence-corrected chi connectivity index (χ0v) is 33.9. The van der Waals surface area contributed by atoms with E-state index in [9.17, 15) is 1.37 Å². The van der Waals surface area contributed by atoms with E-state index in [2.05, 4.69) is 17.1 Å². The topological polar surface area (TPSA) is 51.8 Å². The van der Waals surface area contributed by atoms with E-state index in [1.807, 2.05) is 110 Å². The molecule has 0 unspecified atom stereocenters. The van der Waals surface area contributed by atoms with Crippen LogP contribution in [0.15, 0.2) is 102 Å². The molecule has 4 nitrogen and oxygen atoms in total. The Morgan fingerprint density at radius 3 is 1.98 bits per heavy atom. The van der Waals surface area contributed by atoms with E-state index in [1.54, 1.807) is 36.5 Å². The summed E-state index contributed by atoms with van der Waals surface area (Å²) < 4.78 is 80.2. The SMILES string of the molecule is [2H]C([2H])([2H])c1cc(-c2[c-]ccc3c2oc2nc(-c4c(C([2H])(C)C)cccc4C([2H])(C)C)ccc23)ncc1C([2H])(C(C)C)C(C)C.[2H]C([2H])([2H])c1ccc(-c2[c-]cccc2)nc1.[Ir]. The van der Waals surface area contributed by atoms with Crippen molar-refractivity contribution in [1.82, 2.24) is 15.0 Å². The van der Waals surface area contributed by atoms with E-state index in [0.29, 0.717) is 33.8 Å². The molecule has 0 aliphatic carbocycles. The third-order valence-electron chi connectivity index (χ3n) is 9.16. The third kappa shape index (κ3) is 8.53. The van der Waals surface area contributed by atoms with Gasteiger partial charge in [-0.25, -0.2) is 4.98 Å². The van der Waals surface area contributed by atoms with Crippen molar-refractivity contribution < 1.29 is 36.9 Å². The summed E-state index contributed by atoms with van der Waals surface area (Å²) >= 11 is 0. The van der Waals surface area contributed by atoms with Crippen molar-refractivity contribution in [2.45, 2.75) is 86.8 Å². The minimum atomic E-state index is -2.45. The second kappa shape index (κ2) is 17.1. The summed E-state index contributed by atoms with van der Waals surface area (Å²) in [7, 11) is 0. The van der Waals surface area contributed by atoms with Crippen LogP contribution in [0.1, 0.15) is 113 Å². The Kier molecular flexibility index (Phi) is 9.37. The largest absolute Gasteiger partial charge is 0.486 e. The van der Waals surface area contributed by atoms with E-state index in [1.165, 1.54) is 6.20 Å². The van der Waals surface area contributed by atoms with Crippen LogP contribution in [0, 0.1) is 37.7 Å². The van der Waals surface area contributed by atoms with Crippen molar-refractivity contribution in [3.05, 3.63) is 137 Å². The maximum Gasteiger partial charge on any atom is 0.216 e. The first-order valence-corrected chi connectivity index (χ1v) is 17.7. The van der Waals surface area contributed by atoms with Crippen molar-refractivity contribution in [3.63, 3.8) is 0 Å². The zero-order valence-electron chi connectivity index (χ0n) is 40.5. The molecule has 0 atom stereocenters. The maximum absolute atomic E-state index is 9.32. The van der Waals surface area contributed by atoms with E-state index in [-0.39, 0.29) is 43.1 Å². The number of furan rings is 1. The predicted octanol–water partition coefficient (Wildman–Crippen LogP) is 13.3. The molecule has 1 radical (unpaired) electrons. The molecule has 0 spiro atoms. The summed E-state index contributed by atoms with van der Waals surface area (Å²) in [6.07, 6.45) is 2.93. The molecule has 0 N–H and O–H groups in total. The predicted molar refractivity (Wildman–Crippen MR) is 218 cm³/mol. The van der Waals surface area contributed by atoms with Gasteiger partial charge in [-0.1, -0.05) is 108 Å². The van der Waals surface area contributed by atoms with Crippen LogP contribution in [0.2, 0.25) is 0 Å². The van der Waals surface area contributed by atoms with E-state index >= 15 is 0 Å². The molecule has 275 valence electrons. The fraction of sp³-hybridized carbons (Fsp3) is 0.312. The summed E-state index contributed by atoms with van der Waals surface area (Å²) in [6.45, 7) is 10.5. The van der Waals surface area contributed by atoms with Crippen LogP contribution in [0.4, 0.5) is 0 Å². The van der Waals surface area contributed by atoms with Crippen LogP contribution in [-0.2, 0) is 20.1 Å². The Bertz CT molecular complexity index is 2620. The van der Waals surface area contributed by atoms with Gasteiger partial charge in [0, 0.05) is 55.8 Å². The molecule has 0 aliphatic heterocycles. The number of pyridine rings is 3. The third-order valence-corrected chi connectivity index (χ3v) is 9.16. The van der Waals surface area contributed by atoms with Crippen molar-refractivity contribution in [3.8, 4) is 33.8 Å². The van der Waals surface area contributed by atoms with Gasteiger partial charge in [0.2, 0.25) is 5.71 Å². The average molecular weight is 887 g/mol. The number of hydrogen-bond donors (Lipinski definition) is 0. The van der Waals surface area contributed by atoms with Crippen LogP contribution in [-0.4, -0.2) is 15.0 Å². The Hall–Kier alpha value is -4.44. The van der Waals surface area contributed by atoms with E-state index in [0.717, 1.165) is 38.7 Å². The Labute approximate surface area is 342 Å². The number of hydrogen-bond acceptors (Lipinski definition) is 4. The molecule has 0 saturated heterocycles. The van der Waals surface area contributed by atoms with Gasteiger partial charge in [-0.3, -0.25) is 0 Å². The van der Waals surface area contributed by atoms with Crippen LogP contribution in [0.3, 0.4) is 0 Å². The first-order chi connectivity index (χ1) is 28.3. The minimum absolute atomic E-state index is 0. The minimum Gasteiger partial charge on any atom is -0.486 e. The van der Waals surface area contributed by atoms with Gasteiger partial charge in [-0.2, -0.15) is 0 Å². The molecule has 53 heavy (non-hydrogen) atoms. The first kappa shape index (κ1) is 29.0. The molecule has 0 fully saturated rings. The quantitative estimate of drug-likeness (QED) is 0.143. The molecule has 7 aromatic rings. The summed E-state index contributed by atoms with van der Waals surface area (Å²) in [5, 5.41) is 1.56. The maximum atomic E-state index is 9.32. The van der Waals surface area contributed by atoms with Crippen molar-refractivity contribution >= 4 is 22.1 Å². The molecule has 4 aromatic heterocycles. The van der Waals surface area contributed by atoms with Crippen molar-refractivity contribution in [2.24, 2.45) is 11.8 Å². The fourth-order valence-corrected chi connectivity index (χ4v) is 6.83. The molecule has 5 heteroatoms. The summed E-state index contributed by atoms with van der Waals surface area (Å²) in [5.41, 5.74) is 7.02. The monoisotopic (exact) mass is 887 g/mol. The van der Waals surface area contributed by atoms with Crippen LogP contribution in [0.5, 0.6) is 0 Å². The molecule has 4 heterocycles. The number of aromatic nitrogens is 3. The molecule has 0 aliphatic rings. The number of aryl methyl sites for hydroxylation is 2. The molecular weight excluding hydrogens is 827 g/mol. The molecule has 0 bridgehead atoms. The summed E-state index contributed by atoms with van der Waals surface area (Å²) in [4.78, 5) is 13.7. The van der Waals surface area contributed by atoms with Crippen molar-refractivity contribution in [1.29, 1.82) is 0 Å². The number of nitrogens with zero attached hydrogens (tertiary/aromatic N) is 3. The van der Waals surface area contributed by atoms with Gasteiger partial charge < -0.3 is 14.4 Å². The number of fused-ring (bicyclic) bond motifs is 3. The van der Waals surface area contributed by atoms with Gasteiger partial charge >= 0.3 is 0 Å². The van der Waals surface area contributed by atoms with Gasteiger partial charge in [0.05, 0.1) is 11.3 Å². The standard InChI is InChI=1S/C36H41N2O.C12H10N.Ir/c1-20(2)25-12-10-13-26(21(3)4)34(25)31-17-16-28-27-14-11-15-29(35(27)39-36(28)38-31)32-18-24(9)30(19-37-32)33(22(5)6)23(7)8;1-10-7-8-12(13-9-10)11-5-3-2-4-6-11;/h10-14,16-23,33H,1-9H3;2-5,7-9H,1H3;/q2*-1;/i9D3,20D,21D,33D;1D3;. The fourth-order valence-electron chi connectivity index (χ4n) is 6.83. The molecule has 0 amide bonds. The smallest absolute Gasteiger partial charge is 0.216 e. The Morgan fingerprint density at radius 1 is 0.660 bits per heavy atom. The van der Waals surface area contributed by atoms with Crippen LogP contribution < -0.4 is 0 Å².